The van der Waals surface area contributed by atoms with Crippen molar-refractivity contribution in [1.82, 2.24) is 15.3 Å². The van der Waals surface area contributed by atoms with Gasteiger partial charge in [0.2, 0.25) is 0 Å². The third-order valence-electron chi connectivity index (χ3n) is 4.58. The Morgan fingerprint density at radius 1 is 1.09 bits per heavy atom. The SMILES string of the molecule is c1ccc(COC2CN(c3ncnc4c3CCNCC4)C2)cc1. The third kappa shape index (κ3) is 3.21. The lowest BCUT2D eigenvalue weighted by molar-refractivity contribution is 0.0220. The summed E-state index contributed by atoms with van der Waals surface area (Å²) in [5, 5.41) is 3.43. The summed E-state index contributed by atoms with van der Waals surface area (Å²) >= 11 is 0. The Morgan fingerprint density at radius 2 is 1.91 bits per heavy atom. The van der Waals surface area contributed by atoms with Gasteiger partial charge in [-0.3, -0.25) is 0 Å². The van der Waals surface area contributed by atoms with Gasteiger partial charge in [-0.2, -0.15) is 0 Å². The first-order valence-electron chi connectivity index (χ1n) is 8.34. The molecule has 5 nitrogen and oxygen atoms in total. The zero-order valence-corrected chi connectivity index (χ0v) is 13.2. The number of benzene rings is 1. The van der Waals surface area contributed by atoms with Crippen LogP contribution in [0.25, 0.3) is 0 Å². The number of anilines is 1. The molecule has 2 aromatic rings. The van der Waals surface area contributed by atoms with E-state index in [0.29, 0.717) is 12.7 Å². The molecule has 0 atom stereocenters. The average Bonchev–Trinajstić information content (AvgIpc) is 2.80. The van der Waals surface area contributed by atoms with Crippen LogP contribution < -0.4 is 10.2 Å². The fourth-order valence-corrected chi connectivity index (χ4v) is 3.23. The minimum Gasteiger partial charge on any atom is -0.370 e. The molecular formula is C18H22N4O. The molecule has 2 aliphatic heterocycles. The van der Waals surface area contributed by atoms with Crippen LogP contribution in [0.5, 0.6) is 0 Å². The highest BCUT2D eigenvalue weighted by Crippen LogP contribution is 2.27. The molecule has 1 fully saturated rings. The molecule has 0 aliphatic carbocycles. The maximum atomic E-state index is 5.99. The van der Waals surface area contributed by atoms with Gasteiger partial charge in [-0.25, -0.2) is 9.97 Å². The van der Waals surface area contributed by atoms with E-state index in [1.54, 1.807) is 6.33 Å². The maximum absolute atomic E-state index is 5.99. The van der Waals surface area contributed by atoms with Gasteiger partial charge in [-0.05, 0) is 18.5 Å². The molecule has 1 N–H and O–H groups in total. The molecule has 0 amide bonds. The number of nitrogens with one attached hydrogen (secondary N) is 1. The van der Waals surface area contributed by atoms with Crippen LogP contribution in [0.1, 0.15) is 16.8 Å². The lowest BCUT2D eigenvalue weighted by Crippen LogP contribution is -2.53. The summed E-state index contributed by atoms with van der Waals surface area (Å²) in [5.41, 5.74) is 3.75. The molecule has 0 saturated carbocycles. The van der Waals surface area contributed by atoms with Crippen molar-refractivity contribution < 1.29 is 4.74 Å². The highest BCUT2D eigenvalue weighted by atomic mass is 16.5. The molecule has 2 aliphatic rings. The second-order valence-corrected chi connectivity index (χ2v) is 6.20. The summed E-state index contributed by atoms with van der Waals surface area (Å²) in [6.45, 7) is 4.54. The van der Waals surface area contributed by atoms with Gasteiger partial charge < -0.3 is 15.0 Å². The zero-order chi connectivity index (χ0) is 15.5. The number of hydrogen-bond acceptors (Lipinski definition) is 5. The van der Waals surface area contributed by atoms with E-state index in [9.17, 15) is 0 Å². The lowest BCUT2D eigenvalue weighted by Gasteiger charge is -2.40. The van der Waals surface area contributed by atoms with Gasteiger partial charge in [0.05, 0.1) is 18.4 Å². The first kappa shape index (κ1) is 14.6. The van der Waals surface area contributed by atoms with Crippen molar-refractivity contribution in [1.29, 1.82) is 0 Å². The molecule has 1 aromatic carbocycles. The molecule has 0 unspecified atom stereocenters. The van der Waals surface area contributed by atoms with Crippen LogP contribution in [0.15, 0.2) is 36.7 Å². The normalized spacial score (nSPS) is 18.2. The van der Waals surface area contributed by atoms with E-state index in [0.717, 1.165) is 44.8 Å². The first-order chi connectivity index (χ1) is 11.4. The molecule has 23 heavy (non-hydrogen) atoms. The van der Waals surface area contributed by atoms with Crippen molar-refractivity contribution in [2.45, 2.75) is 25.6 Å². The molecule has 5 heteroatoms. The predicted octanol–water partition coefficient (Wildman–Crippen LogP) is 1.57. The number of fused-ring (bicyclic) bond motifs is 1. The highest BCUT2D eigenvalue weighted by molar-refractivity contribution is 5.51. The quantitative estimate of drug-likeness (QED) is 0.929. The van der Waals surface area contributed by atoms with Crippen molar-refractivity contribution in [2.75, 3.05) is 31.1 Å². The average molecular weight is 310 g/mol. The lowest BCUT2D eigenvalue weighted by atomic mass is 10.1. The number of rotatable bonds is 4. The van der Waals surface area contributed by atoms with Crippen molar-refractivity contribution >= 4 is 5.82 Å². The number of nitrogens with zero attached hydrogens (tertiary/aromatic N) is 3. The van der Waals surface area contributed by atoms with Crippen LogP contribution in [-0.4, -0.2) is 42.3 Å². The second kappa shape index (κ2) is 6.64. The predicted molar refractivity (Wildman–Crippen MR) is 89.5 cm³/mol. The minimum absolute atomic E-state index is 0.296. The molecule has 4 rings (SSSR count). The zero-order valence-electron chi connectivity index (χ0n) is 13.2. The van der Waals surface area contributed by atoms with Gasteiger partial charge >= 0.3 is 0 Å². The van der Waals surface area contributed by atoms with E-state index in [1.807, 2.05) is 6.07 Å². The summed E-state index contributed by atoms with van der Waals surface area (Å²) in [5.74, 6) is 1.11. The largest absolute Gasteiger partial charge is 0.370 e. The highest BCUT2D eigenvalue weighted by Gasteiger charge is 2.31. The van der Waals surface area contributed by atoms with E-state index in [2.05, 4.69) is 44.5 Å². The van der Waals surface area contributed by atoms with E-state index < -0.39 is 0 Å². The monoisotopic (exact) mass is 310 g/mol. The number of aromatic nitrogens is 2. The number of ether oxygens (including phenoxy) is 1. The van der Waals surface area contributed by atoms with Gasteiger partial charge in [0.15, 0.2) is 0 Å². The van der Waals surface area contributed by atoms with E-state index in [-0.39, 0.29) is 0 Å². The Hall–Kier alpha value is -1.98. The van der Waals surface area contributed by atoms with Crippen molar-refractivity contribution in [3.63, 3.8) is 0 Å². The fraction of sp³-hybridized carbons (Fsp3) is 0.444. The molecule has 0 bridgehead atoms. The fourth-order valence-electron chi connectivity index (χ4n) is 3.23. The van der Waals surface area contributed by atoms with E-state index >= 15 is 0 Å². The van der Waals surface area contributed by atoms with Gasteiger partial charge in [0.1, 0.15) is 12.1 Å². The standard InChI is InChI=1S/C18H22N4O/c1-2-4-14(5-3-1)12-23-15-10-22(11-15)18-16-6-8-19-9-7-17(16)20-13-21-18/h1-5,13,15,19H,6-12H2. The Kier molecular flexibility index (Phi) is 4.22. The van der Waals surface area contributed by atoms with Crippen molar-refractivity contribution in [2.24, 2.45) is 0 Å². The van der Waals surface area contributed by atoms with Crippen LogP contribution in [0, 0.1) is 0 Å². The van der Waals surface area contributed by atoms with Gasteiger partial charge in [-0.1, -0.05) is 30.3 Å². The Balaban J connectivity index is 1.37. The Bertz CT molecular complexity index is 655. The summed E-state index contributed by atoms with van der Waals surface area (Å²) in [6.07, 6.45) is 4.01. The second-order valence-electron chi connectivity index (χ2n) is 6.20. The van der Waals surface area contributed by atoms with Gasteiger partial charge in [0, 0.05) is 31.6 Å². The summed E-state index contributed by atoms with van der Waals surface area (Å²) in [4.78, 5) is 11.3. The summed E-state index contributed by atoms with van der Waals surface area (Å²) in [7, 11) is 0. The molecule has 120 valence electrons. The van der Waals surface area contributed by atoms with Crippen LogP contribution in [-0.2, 0) is 24.2 Å². The maximum Gasteiger partial charge on any atom is 0.135 e. The molecule has 0 spiro atoms. The summed E-state index contributed by atoms with van der Waals surface area (Å²) in [6, 6.07) is 10.3. The minimum atomic E-state index is 0.296. The van der Waals surface area contributed by atoms with Crippen molar-refractivity contribution in [3.8, 4) is 0 Å². The molecular weight excluding hydrogens is 288 g/mol. The summed E-state index contributed by atoms with van der Waals surface area (Å²) < 4.78 is 5.99. The topological polar surface area (TPSA) is 50.3 Å². The molecule has 1 saturated heterocycles. The van der Waals surface area contributed by atoms with Crippen LogP contribution in [0.4, 0.5) is 5.82 Å². The van der Waals surface area contributed by atoms with Crippen molar-refractivity contribution in [3.05, 3.63) is 53.5 Å². The molecule has 1 aromatic heterocycles. The van der Waals surface area contributed by atoms with E-state index in [4.69, 9.17) is 4.74 Å². The number of hydrogen-bond donors (Lipinski definition) is 1. The van der Waals surface area contributed by atoms with Gasteiger partial charge in [0.25, 0.3) is 0 Å². The van der Waals surface area contributed by atoms with E-state index in [1.165, 1.54) is 16.8 Å². The third-order valence-corrected chi connectivity index (χ3v) is 4.58. The van der Waals surface area contributed by atoms with Crippen LogP contribution >= 0.6 is 0 Å². The Labute approximate surface area is 136 Å². The van der Waals surface area contributed by atoms with Crippen LogP contribution in [0.3, 0.4) is 0 Å². The first-order valence-corrected chi connectivity index (χ1v) is 8.34. The molecule has 0 radical (unpaired) electrons. The Morgan fingerprint density at radius 3 is 2.78 bits per heavy atom. The van der Waals surface area contributed by atoms with Crippen LogP contribution in [0.2, 0.25) is 0 Å². The smallest absolute Gasteiger partial charge is 0.135 e. The molecule has 3 heterocycles. The van der Waals surface area contributed by atoms with Gasteiger partial charge in [-0.15, -0.1) is 0 Å².